The van der Waals surface area contributed by atoms with E-state index in [0.29, 0.717) is 10.6 Å². The summed E-state index contributed by atoms with van der Waals surface area (Å²) in [5.74, 6) is -0.549. The van der Waals surface area contributed by atoms with Crippen LogP contribution >= 0.6 is 11.6 Å². The van der Waals surface area contributed by atoms with Crippen molar-refractivity contribution in [3.63, 3.8) is 0 Å². The van der Waals surface area contributed by atoms with Crippen LogP contribution in [0.4, 0.5) is 10.1 Å². The number of halogens is 2. The maximum absolute atomic E-state index is 13.8. The number of para-hydroxylation sites is 1. The first kappa shape index (κ1) is 16.8. The molecule has 0 spiro atoms. The van der Waals surface area contributed by atoms with Gasteiger partial charge in [-0.15, -0.1) is 0 Å². The highest BCUT2D eigenvalue weighted by Crippen LogP contribution is 2.42. The smallest absolute Gasteiger partial charge is 0.259 e. The second-order valence-electron chi connectivity index (χ2n) is 6.50. The number of amides is 1. The molecule has 1 aliphatic rings. The molecule has 1 saturated carbocycles. The summed E-state index contributed by atoms with van der Waals surface area (Å²) < 4.78 is 15.6. The van der Waals surface area contributed by atoms with Crippen LogP contribution in [0.1, 0.15) is 40.4 Å². The fraction of sp³-hybridized carbons (Fsp3) is 0.200. The molecule has 4 rings (SSSR count). The molecular formula is C20H17ClFN3O. The third-order valence-corrected chi connectivity index (χ3v) is 4.94. The number of carbonyl (C=O) groups excluding carboxylic acids is 1. The van der Waals surface area contributed by atoms with Crippen molar-refractivity contribution in [1.29, 1.82) is 0 Å². The van der Waals surface area contributed by atoms with Gasteiger partial charge >= 0.3 is 0 Å². The Labute approximate surface area is 155 Å². The molecule has 1 fully saturated rings. The third-order valence-electron chi connectivity index (χ3n) is 4.54. The van der Waals surface area contributed by atoms with Crippen LogP contribution in [0.25, 0.3) is 5.69 Å². The van der Waals surface area contributed by atoms with Crippen LogP contribution < -0.4 is 5.32 Å². The Kier molecular flexibility index (Phi) is 4.24. The van der Waals surface area contributed by atoms with Gasteiger partial charge in [-0.25, -0.2) is 9.07 Å². The molecule has 0 aliphatic heterocycles. The quantitative estimate of drug-likeness (QED) is 0.695. The lowest BCUT2D eigenvalue weighted by Crippen LogP contribution is -2.15. The lowest BCUT2D eigenvalue weighted by atomic mass is 10.1. The summed E-state index contributed by atoms with van der Waals surface area (Å²) in [4.78, 5) is 12.7. The standard InChI is InChI=1S/C20H17ClFN3O/c1-12-6-9-14(10-16(12)21)25-19(13-7-8-13)15(11-23-25)20(26)24-18-5-3-2-4-17(18)22/h2-6,9-11,13H,7-8H2,1H3,(H,24,26). The molecule has 0 radical (unpaired) electrons. The van der Waals surface area contributed by atoms with E-state index in [2.05, 4.69) is 10.4 Å². The Morgan fingerprint density at radius 3 is 2.73 bits per heavy atom. The fourth-order valence-corrected chi connectivity index (χ4v) is 3.13. The number of hydrogen-bond acceptors (Lipinski definition) is 2. The topological polar surface area (TPSA) is 46.9 Å². The molecule has 1 aromatic heterocycles. The van der Waals surface area contributed by atoms with Gasteiger partial charge in [0.2, 0.25) is 0 Å². The van der Waals surface area contributed by atoms with E-state index in [1.54, 1.807) is 16.8 Å². The molecule has 2 aromatic carbocycles. The van der Waals surface area contributed by atoms with Gasteiger partial charge in [0.15, 0.2) is 0 Å². The molecule has 1 heterocycles. The maximum Gasteiger partial charge on any atom is 0.259 e. The number of nitrogens with one attached hydrogen (secondary N) is 1. The van der Waals surface area contributed by atoms with E-state index in [1.165, 1.54) is 18.3 Å². The summed E-state index contributed by atoms with van der Waals surface area (Å²) >= 11 is 6.24. The van der Waals surface area contributed by atoms with Crippen LogP contribution in [0.15, 0.2) is 48.7 Å². The molecule has 132 valence electrons. The van der Waals surface area contributed by atoms with Crippen molar-refractivity contribution in [1.82, 2.24) is 9.78 Å². The summed E-state index contributed by atoms with van der Waals surface area (Å²) in [6.07, 6.45) is 3.55. The van der Waals surface area contributed by atoms with Crippen molar-refractivity contribution in [2.45, 2.75) is 25.7 Å². The average Bonchev–Trinajstić information content (AvgIpc) is 3.37. The van der Waals surface area contributed by atoms with E-state index < -0.39 is 5.82 Å². The first-order valence-corrected chi connectivity index (χ1v) is 8.82. The van der Waals surface area contributed by atoms with Gasteiger partial charge in [0, 0.05) is 10.9 Å². The van der Waals surface area contributed by atoms with Crippen LogP contribution in [0, 0.1) is 12.7 Å². The molecule has 4 nitrogen and oxygen atoms in total. The molecule has 0 unspecified atom stereocenters. The zero-order valence-corrected chi connectivity index (χ0v) is 14.9. The molecule has 26 heavy (non-hydrogen) atoms. The second-order valence-corrected chi connectivity index (χ2v) is 6.90. The van der Waals surface area contributed by atoms with Gasteiger partial charge in [-0.05, 0) is 49.6 Å². The first-order chi connectivity index (χ1) is 12.5. The van der Waals surface area contributed by atoms with E-state index in [-0.39, 0.29) is 17.5 Å². The molecule has 6 heteroatoms. The lowest BCUT2D eigenvalue weighted by molar-refractivity contribution is 0.102. The summed E-state index contributed by atoms with van der Waals surface area (Å²) in [5, 5.41) is 7.70. The van der Waals surface area contributed by atoms with E-state index in [0.717, 1.165) is 29.8 Å². The van der Waals surface area contributed by atoms with E-state index in [4.69, 9.17) is 11.6 Å². The van der Waals surface area contributed by atoms with Crippen LogP contribution in [0.2, 0.25) is 5.02 Å². The van der Waals surface area contributed by atoms with Crippen molar-refractivity contribution in [2.75, 3.05) is 5.32 Å². The van der Waals surface area contributed by atoms with Crippen LogP contribution in [-0.4, -0.2) is 15.7 Å². The number of nitrogens with zero attached hydrogens (tertiary/aromatic N) is 2. The zero-order valence-electron chi connectivity index (χ0n) is 14.2. The molecule has 1 amide bonds. The largest absolute Gasteiger partial charge is 0.319 e. The number of benzene rings is 2. The highest BCUT2D eigenvalue weighted by molar-refractivity contribution is 6.31. The van der Waals surface area contributed by atoms with Gasteiger partial charge in [0.05, 0.1) is 28.8 Å². The monoisotopic (exact) mass is 369 g/mol. The molecule has 0 saturated heterocycles. The fourth-order valence-electron chi connectivity index (χ4n) is 2.95. The van der Waals surface area contributed by atoms with Crippen molar-refractivity contribution < 1.29 is 9.18 Å². The first-order valence-electron chi connectivity index (χ1n) is 8.45. The van der Waals surface area contributed by atoms with Gasteiger partial charge in [0.25, 0.3) is 5.91 Å². The Bertz CT molecular complexity index is 994. The average molecular weight is 370 g/mol. The Morgan fingerprint density at radius 1 is 1.27 bits per heavy atom. The Morgan fingerprint density at radius 2 is 2.04 bits per heavy atom. The number of anilines is 1. The highest BCUT2D eigenvalue weighted by Gasteiger charge is 2.33. The molecule has 1 aliphatic carbocycles. The number of carbonyl (C=O) groups is 1. The third kappa shape index (κ3) is 3.10. The van der Waals surface area contributed by atoms with E-state index in [1.807, 2.05) is 25.1 Å². The SMILES string of the molecule is Cc1ccc(-n2ncc(C(=O)Nc3ccccc3F)c2C2CC2)cc1Cl. The predicted molar refractivity (Wildman–Crippen MR) is 99.6 cm³/mol. The summed E-state index contributed by atoms with van der Waals surface area (Å²) in [7, 11) is 0. The lowest BCUT2D eigenvalue weighted by Gasteiger charge is -2.11. The summed E-state index contributed by atoms with van der Waals surface area (Å²) in [6.45, 7) is 1.93. The van der Waals surface area contributed by atoms with Crippen molar-refractivity contribution in [2.24, 2.45) is 0 Å². The molecule has 3 aromatic rings. The molecule has 0 bridgehead atoms. The van der Waals surface area contributed by atoms with Crippen LogP contribution in [0.3, 0.4) is 0 Å². The normalized spacial score (nSPS) is 13.7. The van der Waals surface area contributed by atoms with Crippen LogP contribution in [-0.2, 0) is 0 Å². The minimum atomic E-state index is -0.466. The Hall–Kier alpha value is -2.66. The molecule has 1 N–H and O–H groups in total. The van der Waals surface area contributed by atoms with Crippen molar-refractivity contribution >= 4 is 23.2 Å². The van der Waals surface area contributed by atoms with Crippen LogP contribution in [0.5, 0.6) is 0 Å². The summed E-state index contributed by atoms with van der Waals surface area (Å²) in [6, 6.07) is 11.8. The number of aryl methyl sites for hydroxylation is 1. The van der Waals surface area contributed by atoms with Gasteiger partial charge in [0.1, 0.15) is 5.82 Å². The zero-order chi connectivity index (χ0) is 18.3. The van der Waals surface area contributed by atoms with Gasteiger partial charge in [-0.3, -0.25) is 4.79 Å². The summed E-state index contributed by atoms with van der Waals surface area (Å²) in [5.41, 5.74) is 3.26. The number of hydrogen-bond donors (Lipinski definition) is 1. The molecule has 0 atom stereocenters. The van der Waals surface area contributed by atoms with E-state index >= 15 is 0 Å². The van der Waals surface area contributed by atoms with Gasteiger partial charge in [-0.1, -0.05) is 29.8 Å². The number of aromatic nitrogens is 2. The van der Waals surface area contributed by atoms with E-state index in [9.17, 15) is 9.18 Å². The molecular weight excluding hydrogens is 353 g/mol. The van der Waals surface area contributed by atoms with Gasteiger partial charge in [-0.2, -0.15) is 5.10 Å². The minimum Gasteiger partial charge on any atom is -0.319 e. The second kappa shape index (κ2) is 6.57. The maximum atomic E-state index is 13.8. The number of rotatable bonds is 4. The van der Waals surface area contributed by atoms with Crippen molar-refractivity contribution in [3.8, 4) is 5.69 Å². The Balaban J connectivity index is 1.71. The highest BCUT2D eigenvalue weighted by atomic mass is 35.5. The predicted octanol–water partition coefficient (Wildman–Crippen LogP) is 5.10. The van der Waals surface area contributed by atoms with Gasteiger partial charge < -0.3 is 5.32 Å². The minimum absolute atomic E-state index is 0.158. The van der Waals surface area contributed by atoms with Crippen molar-refractivity contribution in [3.05, 3.63) is 76.3 Å².